The van der Waals surface area contributed by atoms with Crippen molar-refractivity contribution in [3.8, 4) is 0 Å². The van der Waals surface area contributed by atoms with E-state index in [-0.39, 0.29) is 5.96 Å². The van der Waals surface area contributed by atoms with E-state index in [9.17, 15) is 0 Å². The summed E-state index contributed by atoms with van der Waals surface area (Å²) in [6, 6.07) is 0.370. The van der Waals surface area contributed by atoms with Gasteiger partial charge in [0.1, 0.15) is 0 Å². The van der Waals surface area contributed by atoms with E-state index in [0.29, 0.717) is 12.0 Å². The van der Waals surface area contributed by atoms with Gasteiger partial charge in [0.05, 0.1) is 6.04 Å². The summed E-state index contributed by atoms with van der Waals surface area (Å²) in [6.07, 6.45) is 2.39. The first-order valence-corrected chi connectivity index (χ1v) is 4.20. The van der Waals surface area contributed by atoms with Crippen molar-refractivity contribution in [2.45, 2.75) is 32.7 Å². The maximum absolute atomic E-state index is 5.31. The minimum absolute atomic E-state index is 0.232. The zero-order valence-electron chi connectivity index (χ0n) is 7.25. The van der Waals surface area contributed by atoms with Crippen molar-refractivity contribution in [2.24, 2.45) is 28.3 Å². The van der Waals surface area contributed by atoms with Crippen molar-refractivity contribution in [3.63, 3.8) is 0 Å². The van der Waals surface area contributed by atoms with Crippen LogP contribution in [0.3, 0.4) is 0 Å². The van der Waals surface area contributed by atoms with E-state index in [0.717, 1.165) is 12.3 Å². The number of hydrogen-bond donors (Lipinski definition) is 2. The lowest BCUT2D eigenvalue weighted by Crippen LogP contribution is -2.26. The van der Waals surface area contributed by atoms with E-state index < -0.39 is 0 Å². The second-order valence-corrected chi connectivity index (χ2v) is 3.54. The highest BCUT2D eigenvalue weighted by Gasteiger charge is 2.29. The summed E-state index contributed by atoms with van der Waals surface area (Å²) >= 11 is 0. The number of nitrogens with zero attached hydrogens (tertiary/aromatic N) is 1. The lowest BCUT2D eigenvalue weighted by Gasteiger charge is -2.13. The van der Waals surface area contributed by atoms with Crippen LogP contribution >= 0.6 is 0 Å². The lowest BCUT2D eigenvalue weighted by atomic mass is 9.98. The predicted molar refractivity (Wildman–Crippen MR) is 47.2 cm³/mol. The van der Waals surface area contributed by atoms with Crippen LogP contribution in [0.2, 0.25) is 0 Å². The number of nitrogens with two attached hydrogens (primary N) is 2. The maximum Gasteiger partial charge on any atom is 0.186 e. The van der Waals surface area contributed by atoms with Gasteiger partial charge in [-0.1, -0.05) is 13.8 Å². The minimum atomic E-state index is 0.232. The van der Waals surface area contributed by atoms with Crippen LogP contribution in [0.15, 0.2) is 4.99 Å². The molecule has 0 aliphatic heterocycles. The van der Waals surface area contributed by atoms with Crippen molar-refractivity contribution in [1.29, 1.82) is 0 Å². The molecule has 0 radical (unpaired) electrons. The van der Waals surface area contributed by atoms with Crippen molar-refractivity contribution in [3.05, 3.63) is 0 Å². The Morgan fingerprint density at radius 2 is 1.91 bits per heavy atom. The second kappa shape index (κ2) is 3.11. The summed E-state index contributed by atoms with van der Waals surface area (Å²) in [5.41, 5.74) is 10.6. The summed E-state index contributed by atoms with van der Waals surface area (Å²) in [5.74, 6) is 1.64. The van der Waals surface area contributed by atoms with Gasteiger partial charge in [-0.25, -0.2) is 0 Å². The fourth-order valence-electron chi connectivity index (χ4n) is 1.71. The van der Waals surface area contributed by atoms with Crippen LogP contribution < -0.4 is 11.5 Å². The van der Waals surface area contributed by atoms with E-state index in [1.807, 2.05) is 0 Å². The SMILES string of the molecule is CC1CCC(N=C(N)N)C1C. The van der Waals surface area contributed by atoms with Gasteiger partial charge in [-0.3, -0.25) is 4.99 Å². The third-order valence-corrected chi connectivity index (χ3v) is 2.74. The van der Waals surface area contributed by atoms with Gasteiger partial charge in [0, 0.05) is 0 Å². The van der Waals surface area contributed by atoms with E-state index in [4.69, 9.17) is 11.5 Å². The minimum Gasteiger partial charge on any atom is -0.370 e. The fraction of sp³-hybridized carbons (Fsp3) is 0.875. The van der Waals surface area contributed by atoms with Crippen LogP contribution in [-0.2, 0) is 0 Å². The molecule has 3 nitrogen and oxygen atoms in total. The molecule has 64 valence electrons. The van der Waals surface area contributed by atoms with Gasteiger partial charge in [-0.05, 0) is 24.7 Å². The van der Waals surface area contributed by atoms with Gasteiger partial charge >= 0.3 is 0 Å². The summed E-state index contributed by atoms with van der Waals surface area (Å²) in [6.45, 7) is 4.47. The van der Waals surface area contributed by atoms with Gasteiger partial charge in [0.2, 0.25) is 0 Å². The van der Waals surface area contributed by atoms with Crippen molar-refractivity contribution < 1.29 is 0 Å². The molecule has 0 amide bonds. The zero-order chi connectivity index (χ0) is 8.43. The molecule has 1 aliphatic carbocycles. The van der Waals surface area contributed by atoms with Crippen molar-refractivity contribution in [2.75, 3.05) is 0 Å². The summed E-state index contributed by atoms with van der Waals surface area (Å²) in [7, 11) is 0. The topological polar surface area (TPSA) is 64.4 Å². The van der Waals surface area contributed by atoms with Gasteiger partial charge < -0.3 is 11.5 Å². The van der Waals surface area contributed by atoms with Crippen LogP contribution in [0.5, 0.6) is 0 Å². The Hall–Kier alpha value is -0.730. The monoisotopic (exact) mass is 155 g/mol. The Kier molecular flexibility index (Phi) is 2.37. The van der Waals surface area contributed by atoms with Crippen LogP contribution in [-0.4, -0.2) is 12.0 Å². The average molecular weight is 155 g/mol. The normalized spacial score (nSPS) is 37.1. The molecule has 0 saturated heterocycles. The molecule has 3 heteroatoms. The average Bonchev–Trinajstić information content (AvgIpc) is 2.18. The fourth-order valence-corrected chi connectivity index (χ4v) is 1.71. The predicted octanol–water partition coefficient (Wildman–Crippen LogP) is 0.694. The maximum atomic E-state index is 5.31. The third-order valence-electron chi connectivity index (χ3n) is 2.74. The van der Waals surface area contributed by atoms with Crippen LogP contribution in [0.4, 0.5) is 0 Å². The Labute approximate surface area is 67.9 Å². The van der Waals surface area contributed by atoms with Gasteiger partial charge in [0.15, 0.2) is 5.96 Å². The third kappa shape index (κ3) is 1.85. The van der Waals surface area contributed by atoms with E-state index >= 15 is 0 Å². The first-order valence-electron chi connectivity index (χ1n) is 4.20. The standard InChI is InChI=1S/C8H17N3/c1-5-3-4-7(6(5)2)11-8(9)10/h5-7H,3-4H2,1-2H3,(H4,9,10,11). The molecule has 3 atom stereocenters. The highest BCUT2D eigenvalue weighted by molar-refractivity contribution is 5.75. The molecule has 0 aromatic heterocycles. The molecule has 0 heterocycles. The van der Waals surface area contributed by atoms with Crippen molar-refractivity contribution >= 4 is 5.96 Å². The second-order valence-electron chi connectivity index (χ2n) is 3.54. The quantitative estimate of drug-likeness (QED) is 0.432. The Morgan fingerprint density at radius 3 is 2.27 bits per heavy atom. The highest BCUT2D eigenvalue weighted by Crippen LogP contribution is 2.32. The number of aliphatic imine (C=N–C) groups is 1. The number of hydrogen-bond acceptors (Lipinski definition) is 1. The molecule has 1 aliphatic rings. The Bertz CT molecular complexity index is 161. The molecule has 0 spiro atoms. The molecule has 0 bridgehead atoms. The number of rotatable bonds is 1. The number of guanidine groups is 1. The van der Waals surface area contributed by atoms with Crippen LogP contribution in [0, 0.1) is 11.8 Å². The van der Waals surface area contributed by atoms with E-state index in [2.05, 4.69) is 18.8 Å². The summed E-state index contributed by atoms with van der Waals surface area (Å²) in [5, 5.41) is 0. The molecular formula is C8H17N3. The smallest absolute Gasteiger partial charge is 0.186 e. The first kappa shape index (κ1) is 8.37. The molecule has 0 aromatic carbocycles. The van der Waals surface area contributed by atoms with Crippen molar-refractivity contribution in [1.82, 2.24) is 0 Å². The van der Waals surface area contributed by atoms with Gasteiger partial charge in [0.25, 0.3) is 0 Å². The molecule has 1 saturated carbocycles. The Morgan fingerprint density at radius 1 is 1.27 bits per heavy atom. The molecule has 11 heavy (non-hydrogen) atoms. The molecule has 4 N–H and O–H groups in total. The van der Waals surface area contributed by atoms with Crippen LogP contribution in [0.25, 0.3) is 0 Å². The van der Waals surface area contributed by atoms with E-state index in [1.54, 1.807) is 0 Å². The molecule has 1 fully saturated rings. The molecule has 3 unspecified atom stereocenters. The largest absolute Gasteiger partial charge is 0.370 e. The van der Waals surface area contributed by atoms with E-state index in [1.165, 1.54) is 6.42 Å². The first-order chi connectivity index (χ1) is 5.11. The van der Waals surface area contributed by atoms with Crippen LogP contribution in [0.1, 0.15) is 26.7 Å². The summed E-state index contributed by atoms with van der Waals surface area (Å²) < 4.78 is 0. The lowest BCUT2D eigenvalue weighted by molar-refractivity contribution is 0.423. The highest BCUT2D eigenvalue weighted by atomic mass is 15.0. The van der Waals surface area contributed by atoms with Gasteiger partial charge in [-0.15, -0.1) is 0 Å². The Balaban J connectivity index is 2.55. The zero-order valence-corrected chi connectivity index (χ0v) is 7.25. The summed E-state index contributed by atoms with van der Waals surface area (Å²) in [4.78, 5) is 4.18. The van der Waals surface area contributed by atoms with Gasteiger partial charge in [-0.2, -0.15) is 0 Å². The molecule has 1 rings (SSSR count). The molecular weight excluding hydrogens is 138 g/mol. The molecule has 0 aromatic rings.